The second-order valence-corrected chi connectivity index (χ2v) is 9.28. The van der Waals surface area contributed by atoms with Gasteiger partial charge in [-0.25, -0.2) is 19.7 Å². The number of carbonyl (C=O) groups is 2. The van der Waals surface area contributed by atoms with Crippen molar-refractivity contribution in [2.45, 2.75) is 37.9 Å². The van der Waals surface area contributed by atoms with Crippen LogP contribution in [0.5, 0.6) is 5.75 Å². The molecule has 3 N–H and O–H groups in total. The summed E-state index contributed by atoms with van der Waals surface area (Å²) in [7, 11) is 0. The molecule has 2 amide bonds. The summed E-state index contributed by atoms with van der Waals surface area (Å²) in [6.07, 6.45) is 2.45. The van der Waals surface area contributed by atoms with Gasteiger partial charge in [0.1, 0.15) is 17.4 Å². The number of fused-ring (bicyclic) bond motifs is 1. The van der Waals surface area contributed by atoms with Crippen LogP contribution < -0.4 is 10.6 Å². The zero-order valence-electron chi connectivity index (χ0n) is 19.0. The van der Waals surface area contributed by atoms with E-state index < -0.39 is 17.6 Å². The molecule has 0 bridgehead atoms. The second-order valence-electron chi connectivity index (χ2n) is 8.16. The highest BCUT2D eigenvalue weighted by atomic mass is 32.2. The SMILES string of the molecule is CC(C)(C)OC(=O)NCCSc1ccc2c(O)c(C(=O)NCc3ccc(C#N)nc3)ncc2n1. The van der Waals surface area contributed by atoms with Crippen molar-refractivity contribution in [3.8, 4) is 11.8 Å². The van der Waals surface area contributed by atoms with Crippen LogP contribution in [-0.2, 0) is 11.3 Å². The predicted octanol–water partition coefficient (Wildman–Crippen LogP) is 3.15. The molecule has 10 nitrogen and oxygen atoms in total. The van der Waals surface area contributed by atoms with Crippen molar-refractivity contribution in [3.63, 3.8) is 0 Å². The van der Waals surface area contributed by atoms with E-state index in [1.54, 1.807) is 45.0 Å². The van der Waals surface area contributed by atoms with Crippen LogP contribution in [0, 0.1) is 11.3 Å². The van der Waals surface area contributed by atoms with Gasteiger partial charge in [0, 0.05) is 30.4 Å². The normalized spacial score (nSPS) is 11.0. The van der Waals surface area contributed by atoms with E-state index in [0.717, 1.165) is 0 Å². The molecule has 3 aromatic rings. The topological polar surface area (TPSA) is 150 Å². The number of nitriles is 1. The first-order chi connectivity index (χ1) is 16.2. The highest BCUT2D eigenvalue weighted by Crippen LogP contribution is 2.28. The lowest BCUT2D eigenvalue weighted by Gasteiger charge is -2.19. The zero-order chi connectivity index (χ0) is 24.7. The van der Waals surface area contributed by atoms with Crippen molar-refractivity contribution in [1.29, 1.82) is 5.26 Å². The third kappa shape index (κ3) is 6.79. The van der Waals surface area contributed by atoms with E-state index in [9.17, 15) is 14.7 Å². The van der Waals surface area contributed by atoms with Gasteiger partial charge in [-0.05, 0) is 44.5 Å². The Morgan fingerprint density at radius 2 is 1.94 bits per heavy atom. The molecule has 3 aromatic heterocycles. The van der Waals surface area contributed by atoms with Crippen LogP contribution in [0.25, 0.3) is 10.9 Å². The van der Waals surface area contributed by atoms with Crippen LogP contribution in [0.2, 0.25) is 0 Å². The molecule has 0 aromatic carbocycles. The van der Waals surface area contributed by atoms with Crippen LogP contribution in [0.1, 0.15) is 42.5 Å². The number of nitrogens with zero attached hydrogens (tertiary/aromatic N) is 4. The number of pyridine rings is 3. The van der Waals surface area contributed by atoms with E-state index >= 15 is 0 Å². The summed E-state index contributed by atoms with van der Waals surface area (Å²) in [6.45, 7) is 5.96. The number of nitrogens with one attached hydrogen (secondary N) is 2. The Kier molecular flexibility index (Phi) is 7.86. The third-order valence-corrected chi connectivity index (χ3v) is 5.25. The standard InChI is InChI=1S/C23H24N6O4S/c1-23(2,3)33-22(32)25-8-9-34-18-7-6-16-17(29-18)13-27-19(20(16)30)21(31)28-12-14-4-5-15(10-24)26-11-14/h4-7,11,13,30H,8-9,12H2,1-3H3,(H,25,32)(H,28,31). The van der Waals surface area contributed by atoms with E-state index in [0.29, 0.717) is 33.8 Å². The minimum Gasteiger partial charge on any atom is -0.505 e. The van der Waals surface area contributed by atoms with E-state index in [2.05, 4.69) is 25.6 Å². The number of rotatable bonds is 7. The van der Waals surface area contributed by atoms with Gasteiger partial charge in [0.25, 0.3) is 5.91 Å². The van der Waals surface area contributed by atoms with Gasteiger partial charge in [-0.3, -0.25) is 4.79 Å². The highest BCUT2D eigenvalue weighted by molar-refractivity contribution is 7.99. The molecule has 0 fully saturated rings. The van der Waals surface area contributed by atoms with Crippen molar-refractivity contribution in [2.24, 2.45) is 0 Å². The number of ether oxygens (including phenoxy) is 1. The van der Waals surface area contributed by atoms with Gasteiger partial charge < -0.3 is 20.5 Å². The van der Waals surface area contributed by atoms with E-state index in [4.69, 9.17) is 10.00 Å². The van der Waals surface area contributed by atoms with Crippen molar-refractivity contribution < 1.29 is 19.4 Å². The zero-order valence-corrected chi connectivity index (χ0v) is 19.8. The third-order valence-electron chi connectivity index (χ3n) is 4.32. The molecule has 0 aliphatic rings. The Morgan fingerprint density at radius 1 is 1.15 bits per heavy atom. The minimum atomic E-state index is -0.553. The number of amides is 2. The Bertz CT molecular complexity index is 1240. The number of carbonyl (C=O) groups excluding carboxylic acids is 2. The van der Waals surface area contributed by atoms with Crippen LogP contribution >= 0.6 is 11.8 Å². The molecule has 0 unspecified atom stereocenters. The van der Waals surface area contributed by atoms with Crippen molar-refractivity contribution in [3.05, 3.63) is 53.6 Å². The lowest BCUT2D eigenvalue weighted by atomic mass is 10.2. The van der Waals surface area contributed by atoms with Crippen LogP contribution in [0.4, 0.5) is 4.79 Å². The van der Waals surface area contributed by atoms with Crippen molar-refractivity contribution >= 4 is 34.7 Å². The second kappa shape index (κ2) is 10.8. The summed E-state index contributed by atoms with van der Waals surface area (Å²) < 4.78 is 5.18. The first kappa shape index (κ1) is 24.7. The first-order valence-corrected chi connectivity index (χ1v) is 11.4. The molecular weight excluding hydrogens is 456 g/mol. The summed E-state index contributed by atoms with van der Waals surface area (Å²) in [5.74, 6) is -0.235. The lowest BCUT2D eigenvalue weighted by Crippen LogP contribution is -2.33. The Hall–Kier alpha value is -3.91. The maximum Gasteiger partial charge on any atom is 0.407 e. The minimum absolute atomic E-state index is 0.113. The van der Waals surface area contributed by atoms with Crippen molar-refractivity contribution in [2.75, 3.05) is 12.3 Å². The number of aromatic hydroxyl groups is 1. The Morgan fingerprint density at radius 3 is 2.62 bits per heavy atom. The summed E-state index contributed by atoms with van der Waals surface area (Å²) in [5, 5.41) is 25.8. The maximum atomic E-state index is 12.5. The molecule has 3 heterocycles. The van der Waals surface area contributed by atoms with Gasteiger partial charge in [0.05, 0.1) is 16.7 Å². The fourth-order valence-electron chi connectivity index (χ4n) is 2.80. The number of aromatic nitrogens is 3. The Balaban J connectivity index is 1.58. The van der Waals surface area contributed by atoms with E-state index in [-0.39, 0.29) is 23.7 Å². The number of alkyl carbamates (subject to hydrolysis) is 1. The van der Waals surface area contributed by atoms with Gasteiger partial charge >= 0.3 is 6.09 Å². The molecule has 0 aliphatic heterocycles. The van der Waals surface area contributed by atoms with E-state index in [1.807, 2.05) is 6.07 Å². The fraction of sp³-hybridized carbons (Fsp3) is 0.304. The molecule has 0 radical (unpaired) electrons. The van der Waals surface area contributed by atoms with Gasteiger partial charge in [-0.2, -0.15) is 5.26 Å². The van der Waals surface area contributed by atoms with Gasteiger partial charge in [-0.15, -0.1) is 11.8 Å². The molecule has 176 valence electrons. The molecule has 11 heteroatoms. The van der Waals surface area contributed by atoms with Gasteiger partial charge in [-0.1, -0.05) is 6.07 Å². The summed E-state index contributed by atoms with van der Waals surface area (Å²) in [4.78, 5) is 36.7. The molecule has 0 spiro atoms. The molecule has 0 saturated carbocycles. The highest BCUT2D eigenvalue weighted by Gasteiger charge is 2.17. The quantitative estimate of drug-likeness (QED) is 0.342. The van der Waals surface area contributed by atoms with Crippen molar-refractivity contribution in [1.82, 2.24) is 25.6 Å². The number of hydrogen-bond donors (Lipinski definition) is 3. The summed E-state index contributed by atoms with van der Waals surface area (Å²) in [5.41, 5.74) is 0.765. The monoisotopic (exact) mass is 480 g/mol. The predicted molar refractivity (Wildman–Crippen MR) is 126 cm³/mol. The van der Waals surface area contributed by atoms with Gasteiger partial charge in [0.15, 0.2) is 11.4 Å². The Labute approximate surface area is 200 Å². The number of thioether (sulfide) groups is 1. The van der Waals surface area contributed by atoms with Gasteiger partial charge in [0.2, 0.25) is 0 Å². The summed E-state index contributed by atoms with van der Waals surface area (Å²) >= 11 is 1.42. The molecule has 0 atom stereocenters. The first-order valence-electron chi connectivity index (χ1n) is 10.4. The number of hydrogen-bond acceptors (Lipinski definition) is 9. The lowest BCUT2D eigenvalue weighted by molar-refractivity contribution is 0.0531. The fourth-order valence-corrected chi connectivity index (χ4v) is 3.54. The van der Waals surface area contributed by atoms with Crippen LogP contribution in [0.15, 0.2) is 41.7 Å². The molecule has 0 aliphatic carbocycles. The molecular formula is C23H24N6O4S. The molecule has 0 saturated heterocycles. The molecule has 34 heavy (non-hydrogen) atoms. The smallest absolute Gasteiger partial charge is 0.407 e. The van der Waals surface area contributed by atoms with Crippen LogP contribution in [0.3, 0.4) is 0 Å². The van der Waals surface area contributed by atoms with Crippen LogP contribution in [-0.4, -0.2) is 50.0 Å². The van der Waals surface area contributed by atoms with E-state index in [1.165, 1.54) is 24.2 Å². The molecule has 3 rings (SSSR count). The average Bonchev–Trinajstić information content (AvgIpc) is 2.79. The maximum absolute atomic E-state index is 12.5. The average molecular weight is 481 g/mol. The summed E-state index contributed by atoms with van der Waals surface area (Å²) in [6, 6.07) is 8.57. The largest absolute Gasteiger partial charge is 0.505 e.